The molecular formula is C11H15ClOS. The number of aliphatic hydroxyl groups excluding tert-OH is 1. The molecule has 1 aromatic rings. The average Bonchev–Trinajstić information content (AvgIpc) is 2.15. The lowest BCUT2D eigenvalue weighted by Gasteiger charge is -2.09. The molecule has 1 N–H and O–H groups in total. The van der Waals surface area contributed by atoms with Gasteiger partial charge in [0.25, 0.3) is 0 Å². The molecule has 1 aromatic carbocycles. The molecule has 3 heteroatoms. The van der Waals surface area contributed by atoms with Crippen molar-refractivity contribution in [2.24, 2.45) is 5.92 Å². The zero-order chi connectivity index (χ0) is 10.6. The minimum absolute atomic E-state index is 0.0809. The molecule has 0 atom stereocenters. The van der Waals surface area contributed by atoms with Crippen molar-refractivity contribution in [3.05, 3.63) is 28.8 Å². The van der Waals surface area contributed by atoms with Crippen LogP contribution in [-0.4, -0.2) is 10.9 Å². The normalized spacial score (nSPS) is 10.9. The van der Waals surface area contributed by atoms with E-state index in [1.54, 1.807) is 11.8 Å². The van der Waals surface area contributed by atoms with Crippen LogP contribution in [0.5, 0.6) is 0 Å². The van der Waals surface area contributed by atoms with Crippen LogP contribution in [-0.2, 0) is 6.61 Å². The van der Waals surface area contributed by atoms with Gasteiger partial charge in [0, 0.05) is 15.7 Å². The number of hydrogen-bond acceptors (Lipinski definition) is 2. The minimum atomic E-state index is 0.0809. The first-order valence-corrected chi connectivity index (χ1v) is 6.02. The van der Waals surface area contributed by atoms with E-state index in [1.807, 2.05) is 18.2 Å². The number of halogens is 1. The minimum Gasteiger partial charge on any atom is -0.392 e. The van der Waals surface area contributed by atoms with Crippen molar-refractivity contribution in [2.75, 3.05) is 5.75 Å². The molecular weight excluding hydrogens is 216 g/mol. The molecule has 1 nitrogen and oxygen atoms in total. The molecule has 0 unspecified atom stereocenters. The first kappa shape index (κ1) is 11.9. The van der Waals surface area contributed by atoms with Gasteiger partial charge in [-0.15, -0.1) is 11.8 Å². The van der Waals surface area contributed by atoms with Gasteiger partial charge in [0.05, 0.1) is 6.61 Å². The van der Waals surface area contributed by atoms with Gasteiger partial charge in [0.1, 0.15) is 0 Å². The van der Waals surface area contributed by atoms with E-state index in [4.69, 9.17) is 16.7 Å². The predicted molar refractivity (Wildman–Crippen MR) is 62.9 cm³/mol. The van der Waals surface area contributed by atoms with Crippen molar-refractivity contribution in [1.82, 2.24) is 0 Å². The summed E-state index contributed by atoms with van der Waals surface area (Å²) in [5.74, 6) is 1.69. The molecule has 0 heterocycles. The maximum absolute atomic E-state index is 9.12. The number of hydrogen-bond donors (Lipinski definition) is 1. The van der Waals surface area contributed by atoms with Crippen molar-refractivity contribution in [1.29, 1.82) is 0 Å². The van der Waals surface area contributed by atoms with Gasteiger partial charge in [-0.05, 0) is 23.6 Å². The second-order valence-electron chi connectivity index (χ2n) is 3.62. The van der Waals surface area contributed by atoms with Crippen molar-refractivity contribution in [3.63, 3.8) is 0 Å². The highest BCUT2D eigenvalue weighted by atomic mass is 35.5. The van der Waals surface area contributed by atoms with E-state index in [1.165, 1.54) is 0 Å². The monoisotopic (exact) mass is 230 g/mol. The first-order valence-electron chi connectivity index (χ1n) is 4.65. The smallest absolute Gasteiger partial charge is 0.0692 e. The molecule has 0 bridgehead atoms. The van der Waals surface area contributed by atoms with E-state index in [2.05, 4.69) is 13.8 Å². The molecule has 0 saturated heterocycles. The van der Waals surface area contributed by atoms with Crippen LogP contribution < -0.4 is 0 Å². The van der Waals surface area contributed by atoms with Gasteiger partial charge in [0.15, 0.2) is 0 Å². The Morgan fingerprint density at radius 3 is 2.71 bits per heavy atom. The third-order valence-corrected chi connectivity index (χ3v) is 3.53. The number of rotatable bonds is 4. The maximum Gasteiger partial charge on any atom is 0.0692 e. The number of thioether (sulfide) groups is 1. The highest BCUT2D eigenvalue weighted by molar-refractivity contribution is 7.99. The fourth-order valence-electron chi connectivity index (χ4n) is 1.05. The van der Waals surface area contributed by atoms with E-state index in [0.29, 0.717) is 5.92 Å². The molecule has 0 aliphatic carbocycles. The Morgan fingerprint density at radius 2 is 2.14 bits per heavy atom. The zero-order valence-corrected chi connectivity index (χ0v) is 10.0. The highest BCUT2D eigenvalue weighted by Crippen LogP contribution is 2.27. The van der Waals surface area contributed by atoms with Gasteiger partial charge >= 0.3 is 0 Å². The SMILES string of the molecule is CC(C)CSc1cc(Cl)ccc1CO. The van der Waals surface area contributed by atoms with Gasteiger partial charge in [-0.25, -0.2) is 0 Å². The van der Waals surface area contributed by atoms with E-state index in [-0.39, 0.29) is 6.61 Å². The third kappa shape index (κ3) is 3.52. The van der Waals surface area contributed by atoms with Crippen LogP contribution in [0.1, 0.15) is 19.4 Å². The predicted octanol–water partition coefficient (Wildman–Crippen LogP) is 3.58. The number of benzene rings is 1. The lowest BCUT2D eigenvalue weighted by molar-refractivity contribution is 0.279. The zero-order valence-electron chi connectivity index (χ0n) is 8.46. The standard InChI is InChI=1S/C11H15ClOS/c1-8(2)7-14-11-5-10(12)4-3-9(11)6-13/h3-5,8,13H,6-7H2,1-2H3. The van der Waals surface area contributed by atoms with Crippen LogP contribution in [0, 0.1) is 5.92 Å². The lowest BCUT2D eigenvalue weighted by Crippen LogP contribution is -1.93. The fraction of sp³-hybridized carbons (Fsp3) is 0.455. The summed E-state index contributed by atoms with van der Waals surface area (Å²) >= 11 is 7.64. The Morgan fingerprint density at radius 1 is 1.43 bits per heavy atom. The molecule has 0 saturated carbocycles. The topological polar surface area (TPSA) is 20.2 Å². The largest absolute Gasteiger partial charge is 0.392 e. The van der Waals surface area contributed by atoms with Crippen LogP contribution in [0.2, 0.25) is 5.02 Å². The Kier molecular flexibility index (Phi) is 4.79. The van der Waals surface area contributed by atoms with E-state index in [9.17, 15) is 0 Å². The molecule has 78 valence electrons. The van der Waals surface area contributed by atoms with Crippen molar-refractivity contribution in [2.45, 2.75) is 25.3 Å². The van der Waals surface area contributed by atoms with Crippen LogP contribution >= 0.6 is 23.4 Å². The summed E-state index contributed by atoms with van der Waals surface area (Å²) in [6.45, 7) is 4.43. The van der Waals surface area contributed by atoms with E-state index >= 15 is 0 Å². The Balaban J connectivity index is 2.77. The van der Waals surface area contributed by atoms with Crippen LogP contribution in [0.15, 0.2) is 23.1 Å². The van der Waals surface area contributed by atoms with Gasteiger partial charge in [0.2, 0.25) is 0 Å². The molecule has 0 spiro atoms. The van der Waals surface area contributed by atoms with E-state index in [0.717, 1.165) is 21.2 Å². The third-order valence-electron chi connectivity index (χ3n) is 1.77. The van der Waals surface area contributed by atoms with Crippen molar-refractivity contribution >= 4 is 23.4 Å². The Bertz CT molecular complexity index is 299. The van der Waals surface area contributed by atoms with Gasteiger partial charge in [-0.2, -0.15) is 0 Å². The Labute approximate surface area is 94.5 Å². The molecule has 0 aromatic heterocycles. The maximum atomic E-state index is 9.12. The number of aliphatic hydroxyl groups is 1. The average molecular weight is 231 g/mol. The summed E-state index contributed by atoms with van der Waals surface area (Å²) in [6, 6.07) is 5.61. The first-order chi connectivity index (χ1) is 6.63. The molecule has 0 amide bonds. The molecule has 0 aliphatic heterocycles. The fourth-order valence-corrected chi connectivity index (χ4v) is 2.33. The van der Waals surface area contributed by atoms with Crippen LogP contribution in [0.25, 0.3) is 0 Å². The van der Waals surface area contributed by atoms with Gasteiger partial charge in [-0.1, -0.05) is 31.5 Å². The van der Waals surface area contributed by atoms with E-state index < -0.39 is 0 Å². The molecule has 0 aliphatic rings. The quantitative estimate of drug-likeness (QED) is 0.798. The van der Waals surface area contributed by atoms with Gasteiger partial charge < -0.3 is 5.11 Å². The van der Waals surface area contributed by atoms with Crippen molar-refractivity contribution in [3.8, 4) is 0 Å². The molecule has 0 radical (unpaired) electrons. The van der Waals surface area contributed by atoms with Crippen molar-refractivity contribution < 1.29 is 5.11 Å². The summed E-state index contributed by atoms with van der Waals surface area (Å²) in [5, 5.41) is 9.85. The van der Waals surface area contributed by atoms with Crippen LogP contribution in [0.4, 0.5) is 0 Å². The lowest BCUT2D eigenvalue weighted by atomic mass is 10.2. The summed E-state index contributed by atoms with van der Waals surface area (Å²) in [6.07, 6.45) is 0. The molecule has 14 heavy (non-hydrogen) atoms. The highest BCUT2D eigenvalue weighted by Gasteiger charge is 2.04. The molecule has 0 fully saturated rings. The summed E-state index contributed by atoms with van der Waals surface area (Å²) in [7, 11) is 0. The summed E-state index contributed by atoms with van der Waals surface area (Å²) < 4.78 is 0. The summed E-state index contributed by atoms with van der Waals surface area (Å²) in [5.41, 5.74) is 0.958. The van der Waals surface area contributed by atoms with Gasteiger partial charge in [-0.3, -0.25) is 0 Å². The second kappa shape index (κ2) is 5.64. The molecule has 1 rings (SSSR count). The summed E-state index contributed by atoms with van der Waals surface area (Å²) in [4.78, 5) is 1.09. The Hall–Kier alpha value is -0.180. The van der Waals surface area contributed by atoms with Crippen LogP contribution in [0.3, 0.4) is 0 Å². The second-order valence-corrected chi connectivity index (χ2v) is 5.11.